The molecule has 5 heteroatoms. The fraction of sp³-hybridized carbons (Fsp3) is 0.417. The van der Waals surface area contributed by atoms with E-state index in [0.29, 0.717) is 5.75 Å². The predicted molar refractivity (Wildman–Crippen MR) is 122 cm³/mol. The number of anilines is 2. The Morgan fingerprint density at radius 2 is 1.97 bits per heavy atom. The van der Waals surface area contributed by atoms with Crippen LogP contribution in [-0.2, 0) is 9.59 Å². The molecule has 0 bridgehead atoms. The van der Waals surface area contributed by atoms with Crippen LogP contribution < -0.4 is 10.2 Å². The SMILES string of the molecule is CCCCC(CC)C(=O)Nc1ccc(C2SCC(=O)N2c2cccc(C)c2)cc1. The third kappa shape index (κ3) is 5.21. The molecule has 0 saturated carbocycles. The topological polar surface area (TPSA) is 49.4 Å². The second-order valence-electron chi connectivity index (χ2n) is 7.62. The van der Waals surface area contributed by atoms with Crippen LogP contribution in [0.2, 0.25) is 0 Å². The van der Waals surface area contributed by atoms with Crippen LogP contribution in [0.25, 0.3) is 0 Å². The summed E-state index contributed by atoms with van der Waals surface area (Å²) < 4.78 is 0. The molecule has 2 aromatic carbocycles. The Morgan fingerprint density at radius 1 is 1.21 bits per heavy atom. The van der Waals surface area contributed by atoms with E-state index in [-0.39, 0.29) is 23.1 Å². The predicted octanol–water partition coefficient (Wildman–Crippen LogP) is 5.93. The molecule has 0 spiro atoms. The van der Waals surface area contributed by atoms with E-state index in [1.807, 2.05) is 60.4 Å². The summed E-state index contributed by atoms with van der Waals surface area (Å²) in [5, 5.41) is 3.01. The number of unbranched alkanes of at least 4 members (excludes halogenated alkanes) is 1. The van der Waals surface area contributed by atoms with Crippen molar-refractivity contribution < 1.29 is 9.59 Å². The van der Waals surface area contributed by atoms with Gasteiger partial charge in [-0.3, -0.25) is 14.5 Å². The Morgan fingerprint density at radius 3 is 2.62 bits per heavy atom. The first-order chi connectivity index (χ1) is 14.0. The summed E-state index contributed by atoms with van der Waals surface area (Å²) in [4.78, 5) is 26.9. The van der Waals surface area contributed by atoms with Crippen molar-refractivity contribution in [1.29, 1.82) is 0 Å². The Labute approximate surface area is 178 Å². The van der Waals surface area contributed by atoms with Crippen LogP contribution >= 0.6 is 11.8 Å². The maximum Gasteiger partial charge on any atom is 0.238 e. The number of hydrogen-bond acceptors (Lipinski definition) is 3. The summed E-state index contributed by atoms with van der Waals surface area (Å²) >= 11 is 1.64. The van der Waals surface area contributed by atoms with Gasteiger partial charge in [0.1, 0.15) is 5.37 Å². The molecule has 1 fully saturated rings. The molecule has 1 N–H and O–H groups in total. The van der Waals surface area contributed by atoms with Crippen molar-refractivity contribution in [3.8, 4) is 0 Å². The minimum absolute atomic E-state index is 0.0398. The standard InChI is InChI=1S/C24H30N2O2S/c1-4-6-9-18(5-2)23(28)25-20-13-11-19(12-14-20)24-26(22(27)16-29-24)21-10-7-8-17(3)15-21/h7-8,10-15,18,24H,4-6,9,16H2,1-3H3,(H,25,28). The fourth-order valence-electron chi connectivity index (χ4n) is 3.67. The van der Waals surface area contributed by atoms with E-state index in [9.17, 15) is 9.59 Å². The van der Waals surface area contributed by atoms with Crippen molar-refractivity contribution in [2.75, 3.05) is 16.0 Å². The minimum atomic E-state index is -0.0398. The first-order valence-electron chi connectivity index (χ1n) is 10.4. The number of carbonyl (C=O) groups is 2. The molecule has 1 aliphatic rings. The number of nitrogens with one attached hydrogen (secondary N) is 1. The number of amides is 2. The quantitative estimate of drug-likeness (QED) is 0.587. The molecule has 3 rings (SSSR count). The van der Waals surface area contributed by atoms with E-state index < -0.39 is 0 Å². The lowest BCUT2D eigenvalue weighted by atomic mass is 9.98. The average molecular weight is 411 g/mol. The Kier molecular flexibility index (Phi) is 7.37. The molecule has 2 unspecified atom stereocenters. The molecule has 0 aromatic heterocycles. The minimum Gasteiger partial charge on any atom is -0.326 e. The van der Waals surface area contributed by atoms with Crippen molar-refractivity contribution in [2.24, 2.45) is 5.92 Å². The van der Waals surface area contributed by atoms with E-state index in [2.05, 4.69) is 19.2 Å². The van der Waals surface area contributed by atoms with Crippen LogP contribution in [0.3, 0.4) is 0 Å². The summed E-state index contributed by atoms with van der Waals surface area (Å²) in [6, 6.07) is 16.0. The summed E-state index contributed by atoms with van der Waals surface area (Å²) in [7, 11) is 0. The zero-order chi connectivity index (χ0) is 20.8. The molecule has 1 heterocycles. The molecular formula is C24H30N2O2S. The molecule has 2 aromatic rings. The highest BCUT2D eigenvalue weighted by atomic mass is 32.2. The van der Waals surface area contributed by atoms with Gasteiger partial charge in [-0.2, -0.15) is 0 Å². The molecule has 0 aliphatic carbocycles. The Bertz CT molecular complexity index is 850. The van der Waals surface area contributed by atoms with E-state index in [0.717, 1.165) is 48.2 Å². The fourth-order valence-corrected chi connectivity index (χ4v) is 4.85. The van der Waals surface area contributed by atoms with Gasteiger partial charge in [0, 0.05) is 17.3 Å². The lowest BCUT2D eigenvalue weighted by Crippen LogP contribution is -2.27. The third-order valence-corrected chi connectivity index (χ3v) is 6.59. The monoisotopic (exact) mass is 410 g/mol. The van der Waals surface area contributed by atoms with Crippen molar-refractivity contribution >= 4 is 35.0 Å². The van der Waals surface area contributed by atoms with Gasteiger partial charge in [-0.1, -0.05) is 51.0 Å². The first-order valence-corrected chi connectivity index (χ1v) is 11.5. The Balaban J connectivity index is 1.72. The smallest absolute Gasteiger partial charge is 0.238 e. The van der Waals surface area contributed by atoms with Gasteiger partial charge in [0.15, 0.2) is 0 Å². The maximum atomic E-state index is 12.5. The largest absolute Gasteiger partial charge is 0.326 e. The molecule has 4 nitrogen and oxygen atoms in total. The van der Waals surface area contributed by atoms with E-state index >= 15 is 0 Å². The average Bonchev–Trinajstić information content (AvgIpc) is 3.10. The van der Waals surface area contributed by atoms with Crippen LogP contribution in [0.1, 0.15) is 56.0 Å². The first kappa shape index (κ1) is 21.4. The molecule has 2 atom stereocenters. The zero-order valence-electron chi connectivity index (χ0n) is 17.5. The lowest BCUT2D eigenvalue weighted by Gasteiger charge is -2.25. The molecule has 2 amide bonds. The van der Waals surface area contributed by atoms with Gasteiger partial charge < -0.3 is 5.32 Å². The van der Waals surface area contributed by atoms with E-state index in [1.165, 1.54) is 0 Å². The highest BCUT2D eigenvalue weighted by Gasteiger charge is 2.34. The van der Waals surface area contributed by atoms with Gasteiger partial charge >= 0.3 is 0 Å². The van der Waals surface area contributed by atoms with Crippen LogP contribution in [0, 0.1) is 12.8 Å². The van der Waals surface area contributed by atoms with E-state index in [1.54, 1.807) is 11.8 Å². The van der Waals surface area contributed by atoms with Crippen molar-refractivity contribution in [2.45, 2.75) is 51.8 Å². The van der Waals surface area contributed by atoms with Crippen LogP contribution in [0.4, 0.5) is 11.4 Å². The number of rotatable bonds is 8. The number of carbonyl (C=O) groups excluding carboxylic acids is 2. The van der Waals surface area contributed by atoms with Crippen molar-refractivity contribution in [3.63, 3.8) is 0 Å². The molecule has 1 saturated heterocycles. The summed E-state index contributed by atoms with van der Waals surface area (Å²) in [6.07, 6.45) is 3.97. The summed E-state index contributed by atoms with van der Waals surface area (Å²) in [6.45, 7) is 6.25. The third-order valence-electron chi connectivity index (χ3n) is 5.38. The number of benzene rings is 2. The normalized spacial score (nSPS) is 17.4. The number of hydrogen-bond donors (Lipinski definition) is 1. The number of aryl methyl sites for hydroxylation is 1. The second kappa shape index (κ2) is 9.97. The highest BCUT2D eigenvalue weighted by Crippen LogP contribution is 2.42. The Hall–Kier alpha value is -2.27. The molecule has 0 radical (unpaired) electrons. The van der Waals surface area contributed by atoms with Crippen molar-refractivity contribution in [3.05, 3.63) is 59.7 Å². The van der Waals surface area contributed by atoms with Crippen LogP contribution in [0.5, 0.6) is 0 Å². The summed E-state index contributed by atoms with van der Waals surface area (Å²) in [5.41, 5.74) is 3.95. The summed E-state index contributed by atoms with van der Waals surface area (Å²) in [5.74, 6) is 0.770. The van der Waals surface area contributed by atoms with Crippen molar-refractivity contribution in [1.82, 2.24) is 0 Å². The highest BCUT2D eigenvalue weighted by molar-refractivity contribution is 8.00. The van der Waals surface area contributed by atoms with Gasteiger partial charge in [0.2, 0.25) is 11.8 Å². The van der Waals surface area contributed by atoms with E-state index in [4.69, 9.17) is 0 Å². The van der Waals surface area contributed by atoms with Gasteiger partial charge in [-0.25, -0.2) is 0 Å². The van der Waals surface area contributed by atoms with Gasteiger partial charge in [0.25, 0.3) is 0 Å². The maximum absolute atomic E-state index is 12.5. The number of thioether (sulfide) groups is 1. The molecular weight excluding hydrogens is 380 g/mol. The second-order valence-corrected chi connectivity index (χ2v) is 8.69. The van der Waals surface area contributed by atoms with Crippen LogP contribution in [0.15, 0.2) is 48.5 Å². The molecule has 1 aliphatic heterocycles. The van der Waals surface area contributed by atoms with Gasteiger partial charge in [0.05, 0.1) is 5.75 Å². The van der Waals surface area contributed by atoms with Gasteiger partial charge in [-0.15, -0.1) is 11.8 Å². The zero-order valence-corrected chi connectivity index (χ0v) is 18.3. The van der Waals surface area contributed by atoms with Gasteiger partial charge in [-0.05, 0) is 55.2 Å². The molecule has 29 heavy (non-hydrogen) atoms. The number of nitrogens with zero attached hydrogens (tertiary/aromatic N) is 1. The molecule has 154 valence electrons. The van der Waals surface area contributed by atoms with Crippen LogP contribution in [-0.4, -0.2) is 17.6 Å². The lowest BCUT2D eigenvalue weighted by molar-refractivity contribution is -0.120.